The van der Waals surface area contributed by atoms with Crippen molar-refractivity contribution >= 4 is 41.4 Å². The maximum atomic E-state index is 12.7. The number of amides is 3. The van der Waals surface area contributed by atoms with Gasteiger partial charge in [-0.3, -0.25) is 4.79 Å². The van der Waals surface area contributed by atoms with Crippen molar-refractivity contribution in [2.24, 2.45) is 11.3 Å². The minimum absolute atomic E-state index is 0. The largest absolute Gasteiger partial charge is 0.326 e. The summed E-state index contributed by atoms with van der Waals surface area (Å²) in [5, 5.41) is 12.1. The van der Waals surface area contributed by atoms with Crippen LogP contribution in [0.5, 0.6) is 0 Å². The van der Waals surface area contributed by atoms with Gasteiger partial charge in [0, 0.05) is 23.0 Å². The molecule has 1 saturated carbocycles. The number of para-hydroxylation sites is 1. The number of benzene rings is 2. The van der Waals surface area contributed by atoms with Gasteiger partial charge in [0.25, 0.3) is 0 Å². The van der Waals surface area contributed by atoms with E-state index in [1.807, 2.05) is 55.5 Å². The Morgan fingerprint density at radius 2 is 1.66 bits per heavy atom. The molecule has 1 heterocycles. The van der Waals surface area contributed by atoms with Crippen LogP contribution in [0, 0.1) is 18.3 Å². The normalized spacial score (nSPS) is 19.0. The topological polar surface area (TPSA) is 82.3 Å². The second-order valence-electron chi connectivity index (χ2n) is 7.83. The molecule has 29 heavy (non-hydrogen) atoms. The van der Waals surface area contributed by atoms with Gasteiger partial charge in [-0.2, -0.15) is 0 Å². The molecule has 0 bridgehead atoms. The number of hydrogen-bond donors (Lipinski definition) is 4. The van der Waals surface area contributed by atoms with Crippen LogP contribution in [-0.2, 0) is 4.79 Å². The Balaban J connectivity index is 0.00000240. The summed E-state index contributed by atoms with van der Waals surface area (Å²) in [6.45, 7) is 3.95. The predicted molar refractivity (Wildman–Crippen MR) is 119 cm³/mol. The summed E-state index contributed by atoms with van der Waals surface area (Å²) in [5.41, 5.74) is 3.29. The molecule has 4 rings (SSSR count). The number of aryl methyl sites for hydroxylation is 1. The van der Waals surface area contributed by atoms with E-state index in [0.29, 0.717) is 5.69 Å². The molecule has 1 aliphatic carbocycles. The zero-order chi connectivity index (χ0) is 19.6. The summed E-state index contributed by atoms with van der Waals surface area (Å²) < 4.78 is 0. The van der Waals surface area contributed by atoms with E-state index in [2.05, 4.69) is 21.3 Å². The first-order chi connectivity index (χ1) is 13.6. The number of anilines is 3. The summed E-state index contributed by atoms with van der Waals surface area (Å²) in [5.74, 6) is 0.197. The molecular formula is C22H27ClN4O2. The average Bonchev–Trinajstić information content (AvgIpc) is 3.38. The van der Waals surface area contributed by atoms with E-state index in [-0.39, 0.29) is 35.7 Å². The Morgan fingerprint density at radius 3 is 2.38 bits per heavy atom. The molecule has 2 fully saturated rings. The minimum atomic E-state index is -0.316. The summed E-state index contributed by atoms with van der Waals surface area (Å²) in [6.07, 6.45) is 3.13. The number of urea groups is 1. The quantitative estimate of drug-likeness (QED) is 0.598. The van der Waals surface area contributed by atoms with Crippen molar-refractivity contribution < 1.29 is 9.59 Å². The van der Waals surface area contributed by atoms with Crippen molar-refractivity contribution in [2.45, 2.75) is 26.2 Å². The lowest BCUT2D eigenvalue weighted by molar-refractivity contribution is -0.118. The minimum Gasteiger partial charge on any atom is -0.326 e. The molecule has 6 nitrogen and oxygen atoms in total. The SMILES string of the molecule is Cc1ccc(NC(=O)Nc2ccccc2)cc1NC(=O)C1CC12CCNCC2.Cl. The first-order valence-electron chi connectivity index (χ1n) is 9.81. The van der Waals surface area contributed by atoms with Crippen LogP contribution in [0.15, 0.2) is 48.5 Å². The van der Waals surface area contributed by atoms with E-state index >= 15 is 0 Å². The summed E-state index contributed by atoms with van der Waals surface area (Å²) in [7, 11) is 0. The van der Waals surface area contributed by atoms with Crippen molar-refractivity contribution in [3.05, 3.63) is 54.1 Å². The Labute approximate surface area is 177 Å². The number of carbonyl (C=O) groups is 2. The highest BCUT2D eigenvalue weighted by atomic mass is 35.5. The zero-order valence-corrected chi connectivity index (χ0v) is 17.3. The monoisotopic (exact) mass is 414 g/mol. The van der Waals surface area contributed by atoms with Crippen LogP contribution in [0.4, 0.5) is 21.9 Å². The van der Waals surface area contributed by atoms with Gasteiger partial charge in [-0.1, -0.05) is 24.3 Å². The van der Waals surface area contributed by atoms with Crippen LogP contribution >= 0.6 is 12.4 Å². The molecule has 4 N–H and O–H groups in total. The van der Waals surface area contributed by atoms with Crippen LogP contribution in [0.2, 0.25) is 0 Å². The lowest BCUT2D eigenvalue weighted by atomic mass is 9.91. The molecule has 1 atom stereocenters. The number of hydrogen-bond acceptors (Lipinski definition) is 3. The lowest BCUT2D eigenvalue weighted by Gasteiger charge is -2.23. The Kier molecular flexibility index (Phi) is 6.45. The fourth-order valence-corrected chi connectivity index (χ4v) is 4.06. The van der Waals surface area contributed by atoms with Crippen LogP contribution < -0.4 is 21.3 Å². The van der Waals surface area contributed by atoms with Gasteiger partial charge >= 0.3 is 6.03 Å². The molecule has 1 spiro atoms. The van der Waals surface area contributed by atoms with Gasteiger partial charge in [0.05, 0.1) is 0 Å². The average molecular weight is 415 g/mol. The highest BCUT2D eigenvalue weighted by Crippen LogP contribution is 2.58. The highest BCUT2D eigenvalue weighted by Gasteiger charge is 2.57. The fraction of sp³-hybridized carbons (Fsp3) is 0.364. The second-order valence-corrected chi connectivity index (χ2v) is 7.83. The smallest absolute Gasteiger partial charge is 0.323 e. The Hall–Kier alpha value is -2.57. The van der Waals surface area contributed by atoms with Crippen molar-refractivity contribution in [3.8, 4) is 0 Å². The van der Waals surface area contributed by atoms with Crippen molar-refractivity contribution in [1.29, 1.82) is 0 Å². The van der Waals surface area contributed by atoms with Crippen LogP contribution in [-0.4, -0.2) is 25.0 Å². The van der Waals surface area contributed by atoms with Crippen LogP contribution in [0.1, 0.15) is 24.8 Å². The van der Waals surface area contributed by atoms with Gasteiger partial charge < -0.3 is 21.3 Å². The third-order valence-electron chi connectivity index (χ3n) is 5.89. The molecule has 1 aliphatic heterocycles. The van der Waals surface area contributed by atoms with E-state index in [1.165, 1.54) is 0 Å². The van der Waals surface area contributed by atoms with Gasteiger partial charge in [-0.25, -0.2) is 4.79 Å². The molecule has 1 unspecified atom stereocenters. The van der Waals surface area contributed by atoms with Gasteiger partial charge in [-0.05, 0) is 74.5 Å². The van der Waals surface area contributed by atoms with E-state index in [0.717, 1.165) is 49.3 Å². The Morgan fingerprint density at radius 1 is 0.966 bits per heavy atom. The maximum absolute atomic E-state index is 12.7. The van der Waals surface area contributed by atoms with Crippen molar-refractivity contribution in [3.63, 3.8) is 0 Å². The number of carbonyl (C=O) groups excluding carboxylic acids is 2. The third kappa shape index (κ3) is 4.89. The molecule has 2 aromatic carbocycles. The predicted octanol–water partition coefficient (Wildman–Crippen LogP) is 4.39. The highest BCUT2D eigenvalue weighted by molar-refractivity contribution is 6.01. The number of halogens is 1. The first-order valence-corrected chi connectivity index (χ1v) is 9.81. The van der Waals surface area contributed by atoms with Gasteiger partial charge in [0.1, 0.15) is 0 Å². The van der Waals surface area contributed by atoms with Crippen LogP contribution in [0.25, 0.3) is 0 Å². The molecule has 1 saturated heterocycles. The van der Waals surface area contributed by atoms with E-state index < -0.39 is 0 Å². The molecule has 2 aliphatic rings. The summed E-state index contributed by atoms with van der Waals surface area (Å²) in [6, 6.07) is 14.5. The number of rotatable bonds is 4. The van der Waals surface area contributed by atoms with Gasteiger partial charge in [0.2, 0.25) is 5.91 Å². The van der Waals surface area contributed by atoms with E-state index in [9.17, 15) is 9.59 Å². The summed E-state index contributed by atoms with van der Waals surface area (Å²) >= 11 is 0. The van der Waals surface area contributed by atoms with Gasteiger partial charge in [0.15, 0.2) is 0 Å². The molecule has 2 aromatic rings. The fourth-order valence-electron chi connectivity index (χ4n) is 4.06. The third-order valence-corrected chi connectivity index (χ3v) is 5.89. The molecule has 7 heteroatoms. The van der Waals surface area contributed by atoms with Crippen molar-refractivity contribution in [2.75, 3.05) is 29.0 Å². The lowest BCUT2D eigenvalue weighted by Crippen LogP contribution is -2.31. The summed E-state index contributed by atoms with van der Waals surface area (Å²) in [4.78, 5) is 24.9. The maximum Gasteiger partial charge on any atom is 0.323 e. The first kappa shape index (κ1) is 21.1. The Bertz CT molecular complexity index is 882. The molecule has 0 aromatic heterocycles. The second kappa shape index (κ2) is 8.84. The number of nitrogens with one attached hydrogen (secondary N) is 4. The molecular weight excluding hydrogens is 388 g/mol. The van der Waals surface area contributed by atoms with E-state index in [4.69, 9.17) is 0 Å². The molecule has 154 valence electrons. The van der Waals surface area contributed by atoms with Crippen LogP contribution in [0.3, 0.4) is 0 Å². The standard InChI is InChI=1S/C22H26N4O2.ClH/c1-15-7-8-17(25-21(28)24-16-5-3-2-4-6-16)13-19(15)26-20(27)18-14-22(18)9-11-23-12-10-22;/h2-8,13,18,23H,9-12,14H2,1H3,(H,26,27)(H2,24,25,28);1H. The zero-order valence-electron chi connectivity index (χ0n) is 16.5. The van der Waals surface area contributed by atoms with E-state index in [1.54, 1.807) is 0 Å². The van der Waals surface area contributed by atoms with Crippen molar-refractivity contribution in [1.82, 2.24) is 5.32 Å². The van der Waals surface area contributed by atoms with Gasteiger partial charge in [-0.15, -0.1) is 12.4 Å². The number of piperidine rings is 1. The molecule has 3 amide bonds. The molecule has 0 radical (unpaired) electrons.